The molecule has 1 heterocycles. The Morgan fingerprint density at radius 3 is 2.75 bits per heavy atom. The molecule has 0 radical (unpaired) electrons. The molecule has 0 amide bonds. The van der Waals surface area contributed by atoms with Crippen molar-refractivity contribution in [2.24, 2.45) is 10.7 Å². The number of aromatic nitrogens is 1. The molecule has 0 fully saturated rings. The van der Waals surface area contributed by atoms with Gasteiger partial charge in [-0.25, -0.2) is 4.98 Å². The predicted molar refractivity (Wildman–Crippen MR) is 113 cm³/mol. The highest BCUT2D eigenvalue weighted by atomic mass is 127. The number of anilines is 1. The van der Waals surface area contributed by atoms with Crippen molar-refractivity contribution >= 4 is 47.0 Å². The number of nitrogens with two attached hydrogens (primary N) is 1. The van der Waals surface area contributed by atoms with Crippen LogP contribution in [-0.4, -0.2) is 24.6 Å². The number of hydrogen-bond donors (Lipinski definition) is 2. The summed E-state index contributed by atoms with van der Waals surface area (Å²) < 4.78 is 5.18. The second kappa shape index (κ2) is 9.22. The monoisotopic (exact) mass is 460 g/mol. The van der Waals surface area contributed by atoms with Crippen LogP contribution in [-0.2, 0) is 11.8 Å². The summed E-state index contributed by atoms with van der Waals surface area (Å²) in [7, 11) is 1.64. The van der Waals surface area contributed by atoms with Crippen LogP contribution < -0.4 is 15.8 Å². The van der Waals surface area contributed by atoms with Crippen LogP contribution in [0.4, 0.5) is 5.69 Å². The van der Waals surface area contributed by atoms with E-state index in [-0.39, 0.29) is 29.4 Å². The zero-order valence-corrected chi connectivity index (χ0v) is 17.6. The topological polar surface area (TPSA) is 72.5 Å². The summed E-state index contributed by atoms with van der Waals surface area (Å²) in [6.07, 6.45) is 0.793. The molecule has 5 nitrogen and oxygen atoms in total. The number of rotatable bonds is 5. The lowest BCUT2D eigenvalue weighted by Crippen LogP contribution is -2.23. The van der Waals surface area contributed by atoms with Crippen LogP contribution in [0.25, 0.3) is 0 Å². The number of ether oxygens (including phenoxy) is 1. The van der Waals surface area contributed by atoms with Crippen molar-refractivity contribution in [3.63, 3.8) is 0 Å². The molecule has 0 aliphatic carbocycles. The van der Waals surface area contributed by atoms with E-state index in [9.17, 15) is 0 Å². The Bertz CT molecular complexity index is 679. The largest absolute Gasteiger partial charge is 0.497 e. The van der Waals surface area contributed by atoms with Crippen molar-refractivity contribution in [2.75, 3.05) is 19.0 Å². The van der Waals surface area contributed by atoms with Gasteiger partial charge in [0.15, 0.2) is 5.96 Å². The van der Waals surface area contributed by atoms with Gasteiger partial charge in [0.1, 0.15) is 5.75 Å². The highest BCUT2D eigenvalue weighted by molar-refractivity contribution is 14.0. The number of benzene rings is 1. The fraction of sp³-hybridized carbons (Fsp3) is 0.412. The molecule has 2 rings (SSSR count). The number of hydrogen-bond acceptors (Lipinski definition) is 4. The van der Waals surface area contributed by atoms with E-state index < -0.39 is 0 Å². The zero-order valence-electron chi connectivity index (χ0n) is 14.5. The van der Waals surface area contributed by atoms with Crippen molar-refractivity contribution in [1.82, 2.24) is 4.98 Å². The molecule has 24 heavy (non-hydrogen) atoms. The molecule has 0 aliphatic rings. The molecule has 2 aromatic rings. The third-order valence-corrected chi connectivity index (χ3v) is 4.18. The lowest BCUT2D eigenvalue weighted by atomic mass is 9.93. The number of methoxy groups -OCH3 is 1. The van der Waals surface area contributed by atoms with E-state index in [2.05, 4.69) is 41.4 Å². The van der Waals surface area contributed by atoms with Crippen LogP contribution in [0.5, 0.6) is 5.75 Å². The Kier molecular flexibility index (Phi) is 7.95. The molecule has 3 N–H and O–H groups in total. The molecular formula is C17H25IN4OS. The summed E-state index contributed by atoms with van der Waals surface area (Å²) in [6, 6.07) is 7.58. The van der Waals surface area contributed by atoms with Crippen LogP contribution in [0.15, 0.2) is 34.6 Å². The van der Waals surface area contributed by atoms with Gasteiger partial charge in [0.25, 0.3) is 0 Å². The average Bonchev–Trinajstić information content (AvgIpc) is 2.96. The predicted octanol–water partition coefficient (Wildman–Crippen LogP) is 4.04. The van der Waals surface area contributed by atoms with Crippen molar-refractivity contribution in [3.8, 4) is 5.75 Å². The smallest absolute Gasteiger partial charge is 0.193 e. The Morgan fingerprint density at radius 2 is 2.12 bits per heavy atom. The van der Waals surface area contributed by atoms with E-state index >= 15 is 0 Å². The highest BCUT2D eigenvalue weighted by Crippen LogP contribution is 2.24. The van der Waals surface area contributed by atoms with Crippen molar-refractivity contribution in [3.05, 3.63) is 40.3 Å². The fourth-order valence-electron chi connectivity index (χ4n) is 1.93. The maximum Gasteiger partial charge on any atom is 0.193 e. The standard InChI is InChI=1S/C17H24N4OS.HI/c1-17(2,3)14-11-23-15(21-14)8-9-19-16(18)20-12-6-5-7-13(10-12)22-4;/h5-7,10-11H,8-9H2,1-4H3,(H3,18,19,20);1H. The number of aliphatic imine (C=N–C) groups is 1. The summed E-state index contributed by atoms with van der Waals surface area (Å²) in [4.78, 5) is 9.01. The molecule has 0 aliphatic heterocycles. The lowest BCUT2D eigenvalue weighted by molar-refractivity contribution is 0.415. The molecule has 0 atom stereocenters. The van der Waals surface area contributed by atoms with Crippen LogP contribution >= 0.6 is 35.3 Å². The summed E-state index contributed by atoms with van der Waals surface area (Å²) in [5.41, 5.74) is 7.99. The first-order valence-corrected chi connectivity index (χ1v) is 8.42. The minimum atomic E-state index is 0. The number of nitrogens with one attached hydrogen (secondary N) is 1. The SMILES string of the molecule is COc1cccc(NC(N)=NCCc2nc(C(C)(C)C)cs2)c1.I. The van der Waals surface area contributed by atoms with Crippen LogP contribution in [0.3, 0.4) is 0 Å². The summed E-state index contributed by atoms with van der Waals surface area (Å²) in [6.45, 7) is 7.11. The van der Waals surface area contributed by atoms with Crippen molar-refractivity contribution in [1.29, 1.82) is 0 Å². The number of guanidine groups is 1. The van der Waals surface area contributed by atoms with Gasteiger partial charge in [-0.2, -0.15) is 0 Å². The van der Waals surface area contributed by atoms with Gasteiger partial charge in [0.05, 0.1) is 17.8 Å². The van der Waals surface area contributed by atoms with Gasteiger partial charge >= 0.3 is 0 Å². The third kappa shape index (κ3) is 6.27. The van der Waals surface area contributed by atoms with Gasteiger partial charge < -0.3 is 15.8 Å². The van der Waals surface area contributed by atoms with E-state index in [1.54, 1.807) is 18.4 Å². The van der Waals surface area contributed by atoms with Crippen molar-refractivity contribution < 1.29 is 4.74 Å². The Labute approximate surface area is 164 Å². The van der Waals surface area contributed by atoms with E-state index in [4.69, 9.17) is 10.5 Å². The Morgan fingerprint density at radius 1 is 1.38 bits per heavy atom. The van der Waals surface area contributed by atoms with Gasteiger partial charge in [-0.05, 0) is 12.1 Å². The Hall–Kier alpha value is -1.35. The second-order valence-electron chi connectivity index (χ2n) is 6.25. The van der Waals surface area contributed by atoms with Gasteiger partial charge in [-0.3, -0.25) is 4.99 Å². The maximum absolute atomic E-state index is 5.92. The van der Waals surface area contributed by atoms with Crippen molar-refractivity contribution in [2.45, 2.75) is 32.6 Å². The average molecular weight is 460 g/mol. The molecule has 1 aromatic heterocycles. The minimum absolute atomic E-state index is 0. The lowest BCUT2D eigenvalue weighted by Gasteiger charge is -2.14. The molecule has 0 saturated heterocycles. The first kappa shape index (κ1) is 20.7. The molecule has 0 bridgehead atoms. The summed E-state index contributed by atoms with van der Waals surface area (Å²) >= 11 is 1.68. The normalized spacial score (nSPS) is 11.8. The first-order chi connectivity index (χ1) is 10.9. The first-order valence-electron chi connectivity index (χ1n) is 7.54. The quantitative estimate of drug-likeness (QED) is 0.402. The van der Waals surface area contributed by atoms with Crippen LogP contribution in [0.2, 0.25) is 0 Å². The maximum atomic E-state index is 5.92. The second-order valence-corrected chi connectivity index (χ2v) is 7.19. The number of thiazole rings is 1. The van der Waals surface area contributed by atoms with E-state index in [0.717, 1.165) is 28.6 Å². The van der Waals surface area contributed by atoms with Gasteiger partial charge in [-0.1, -0.05) is 26.8 Å². The fourth-order valence-corrected chi connectivity index (χ4v) is 2.94. The Balaban J connectivity index is 0.00000288. The van der Waals surface area contributed by atoms with E-state index in [1.807, 2.05) is 24.3 Å². The molecule has 0 saturated carbocycles. The molecule has 7 heteroatoms. The van der Waals surface area contributed by atoms with Gasteiger partial charge in [0.2, 0.25) is 0 Å². The van der Waals surface area contributed by atoms with Gasteiger partial charge in [0, 0.05) is 35.5 Å². The zero-order chi connectivity index (χ0) is 16.9. The van der Waals surface area contributed by atoms with Crippen LogP contribution in [0.1, 0.15) is 31.5 Å². The molecule has 132 valence electrons. The molecule has 1 aromatic carbocycles. The summed E-state index contributed by atoms with van der Waals surface area (Å²) in [5, 5.41) is 6.28. The van der Waals surface area contributed by atoms with Crippen LogP contribution in [0, 0.1) is 0 Å². The molecule has 0 unspecified atom stereocenters. The van der Waals surface area contributed by atoms with E-state index in [1.165, 1.54) is 0 Å². The van der Waals surface area contributed by atoms with Gasteiger partial charge in [-0.15, -0.1) is 35.3 Å². The summed E-state index contributed by atoms with van der Waals surface area (Å²) in [5.74, 6) is 1.17. The minimum Gasteiger partial charge on any atom is -0.497 e. The number of halogens is 1. The molecular weight excluding hydrogens is 435 g/mol. The molecule has 0 spiro atoms. The van der Waals surface area contributed by atoms with E-state index in [0.29, 0.717) is 12.5 Å². The highest BCUT2D eigenvalue weighted by Gasteiger charge is 2.17. The third-order valence-electron chi connectivity index (χ3n) is 3.27. The number of nitrogens with zero attached hydrogens (tertiary/aromatic N) is 2.